The minimum absolute atomic E-state index is 0.322. The second-order valence-electron chi connectivity index (χ2n) is 4.53. The Bertz CT molecular complexity index is 391. The van der Waals surface area contributed by atoms with Crippen molar-refractivity contribution in [1.82, 2.24) is 4.90 Å². The fraction of sp³-hybridized carbons (Fsp3) is 0.571. The van der Waals surface area contributed by atoms with E-state index in [2.05, 4.69) is 30.9 Å². The molecule has 4 heteroatoms. The Kier molecular flexibility index (Phi) is 4.44. The molecule has 0 radical (unpaired) electrons. The van der Waals surface area contributed by atoms with Gasteiger partial charge < -0.3 is 20.1 Å². The van der Waals surface area contributed by atoms with Crippen LogP contribution in [0, 0.1) is 0 Å². The van der Waals surface area contributed by atoms with Crippen LogP contribution in [-0.4, -0.2) is 37.9 Å². The van der Waals surface area contributed by atoms with Gasteiger partial charge in [-0.2, -0.15) is 0 Å². The fourth-order valence-corrected chi connectivity index (χ4v) is 2.28. The molecular formula is C14H22N2O2. The van der Waals surface area contributed by atoms with Crippen molar-refractivity contribution in [2.75, 3.05) is 33.0 Å². The summed E-state index contributed by atoms with van der Waals surface area (Å²) < 4.78 is 10.7. The summed E-state index contributed by atoms with van der Waals surface area (Å²) >= 11 is 0. The average Bonchev–Trinajstić information content (AvgIpc) is 2.87. The Balaban J connectivity index is 2.12. The van der Waals surface area contributed by atoms with Crippen LogP contribution in [0.1, 0.15) is 25.3 Å². The number of ether oxygens (including phenoxy) is 2. The van der Waals surface area contributed by atoms with Crippen LogP contribution in [0.5, 0.6) is 11.5 Å². The van der Waals surface area contributed by atoms with Crippen molar-refractivity contribution in [3.05, 3.63) is 23.8 Å². The molecule has 4 nitrogen and oxygen atoms in total. The highest BCUT2D eigenvalue weighted by molar-refractivity contribution is 5.45. The van der Waals surface area contributed by atoms with Crippen LogP contribution in [0.4, 0.5) is 0 Å². The van der Waals surface area contributed by atoms with Crippen LogP contribution in [-0.2, 0) is 0 Å². The fourth-order valence-electron chi connectivity index (χ4n) is 2.28. The predicted molar refractivity (Wildman–Crippen MR) is 72.1 cm³/mol. The Hall–Kier alpha value is -1.26. The molecule has 0 saturated heterocycles. The number of hydrogen-bond donors (Lipinski definition) is 1. The molecule has 1 aromatic carbocycles. The van der Waals surface area contributed by atoms with Crippen molar-refractivity contribution in [2.24, 2.45) is 5.73 Å². The quantitative estimate of drug-likeness (QED) is 0.836. The Morgan fingerprint density at radius 2 is 1.94 bits per heavy atom. The summed E-state index contributed by atoms with van der Waals surface area (Å²) in [6, 6.07) is 6.13. The molecule has 1 atom stereocenters. The summed E-state index contributed by atoms with van der Waals surface area (Å²) in [5.41, 5.74) is 7.14. The van der Waals surface area contributed by atoms with E-state index >= 15 is 0 Å². The predicted octanol–water partition coefficient (Wildman–Crippen LogP) is 1.80. The molecule has 1 heterocycles. The van der Waals surface area contributed by atoms with Gasteiger partial charge in [-0.3, -0.25) is 0 Å². The molecule has 0 amide bonds. The summed E-state index contributed by atoms with van der Waals surface area (Å²) in [6.07, 6.45) is 0. The van der Waals surface area contributed by atoms with Crippen LogP contribution in [0.25, 0.3) is 0 Å². The normalized spacial score (nSPS) is 15.1. The number of benzene rings is 1. The topological polar surface area (TPSA) is 47.7 Å². The van der Waals surface area contributed by atoms with Crippen LogP contribution in [0.3, 0.4) is 0 Å². The standard InChI is InChI=1S/C14H22N2O2/c1-3-16(4-2)9-12(8-15)11-5-6-13-14(7-11)18-10-17-13/h5-7,12H,3-4,8-10,15H2,1-2H3. The van der Waals surface area contributed by atoms with E-state index < -0.39 is 0 Å². The summed E-state index contributed by atoms with van der Waals surface area (Å²) in [5.74, 6) is 2.02. The Morgan fingerprint density at radius 1 is 1.22 bits per heavy atom. The van der Waals surface area contributed by atoms with E-state index in [-0.39, 0.29) is 0 Å². The molecule has 1 aliphatic rings. The average molecular weight is 250 g/mol. The highest BCUT2D eigenvalue weighted by atomic mass is 16.7. The molecule has 1 aromatic rings. The van der Waals surface area contributed by atoms with Gasteiger partial charge in [0.1, 0.15) is 0 Å². The van der Waals surface area contributed by atoms with Crippen molar-refractivity contribution >= 4 is 0 Å². The van der Waals surface area contributed by atoms with Gasteiger partial charge in [0.15, 0.2) is 11.5 Å². The Labute approximate surface area is 109 Å². The largest absolute Gasteiger partial charge is 0.454 e. The van der Waals surface area contributed by atoms with Crippen molar-refractivity contribution in [2.45, 2.75) is 19.8 Å². The third-order valence-corrected chi connectivity index (χ3v) is 3.53. The summed E-state index contributed by atoms with van der Waals surface area (Å²) in [7, 11) is 0. The van der Waals surface area contributed by atoms with Gasteiger partial charge in [0.25, 0.3) is 0 Å². The second-order valence-corrected chi connectivity index (χ2v) is 4.53. The smallest absolute Gasteiger partial charge is 0.231 e. The second kappa shape index (κ2) is 6.07. The molecule has 18 heavy (non-hydrogen) atoms. The number of rotatable bonds is 6. The van der Waals surface area contributed by atoms with Crippen molar-refractivity contribution in [3.63, 3.8) is 0 Å². The first-order chi connectivity index (χ1) is 8.78. The first-order valence-corrected chi connectivity index (χ1v) is 6.60. The van der Waals surface area contributed by atoms with Gasteiger partial charge in [-0.1, -0.05) is 19.9 Å². The van der Waals surface area contributed by atoms with Crippen LogP contribution in [0.2, 0.25) is 0 Å². The Morgan fingerprint density at radius 3 is 2.61 bits per heavy atom. The lowest BCUT2D eigenvalue weighted by molar-refractivity contribution is 0.174. The van der Waals surface area contributed by atoms with E-state index in [0.29, 0.717) is 19.3 Å². The third kappa shape index (κ3) is 2.76. The maximum absolute atomic E-state index is 5.91. The molecule has 100 valence electrons. The van der Waals surface area contributed by atoms with Crippen LogP contribution in [0.15, 0.2) is 18.2 Å². The van der Waals surface area contributed by atoms with Gasteiger partial charge in [-0.05, 0) is 30.8 Å². The third-order valence-electron chi connectivity index (χ3n) is 3.53. The molecule has 0 aliphatic carbocycles. The summed E-state index contributed by atoms with van der Waals surface area (Å²) in [5, 5.41) is 0. The van der Waals surface area contributed by atoms with Gasteiger partial charge in [-0.15, -0.1) is 0 Å². The molecule has 2 N–H and O–H groups in total. The van der Waals surface area contributed by atoms with Crippen LogP contribution < -0.4 is 15.2 Å². The number of fused-ring (bicyclic) bond motifs is 1. The van der Waals surface area contributed by atoms with E-state index in [1.807, 2.05) is 6.07 Å². The van der Waals surface area contributed by atoms with Crippen molar-refractivity contribution < 1.29 is 9.47 Å². The maximum atomic E-state index is 5.91. The first kappa shape index (κ1) is 13.2. The molecule has 0 bridgehead atoms. The molecule has 0 spiro atoms. The van der Waals surface area contributed by atoms with Gasteiger partial charge in [0, 0.05) is 19.0 Å². The molecule has 1 aliphatic heterocycles. The zero-order valence-electron chi connectivity index (χ0n) is 11.2. The molecular weight excluding hydrogens is 228 g/mol. The number of likely N-dealkylation sites (N-methyl/N-ethyl adjacent to an activating group) is 1. The first-order valence-electron chi connectivity index (χ1n) is 6.60. The van der Waals surface area contributed by atoms with E-state index in [1.54, 1.807) is 0 Å². The molecule has 0 fully saturated rings. The molecule has 2 rings (SSSR count). The lowest BCUT2D eigenvalue weighted by Gasteiger charge is -2.24. The van der Waals surface area contributed by atoms with E-state index in [1.165, 1.54) is 5.56 Å². The lowest BCUT2D eigenvalue weighted by Crippen LogP contribution is -2.31. The van der Waals surface area contributed by atoms with Gasteiger partial charge in [0.05, 0.1) is 0 Å². The molecule has 1 unspecified atom stereocenters. The van der Waals surface area contributed by atoms with Crippen molar-refractivity contribution in [3.8, 4) is 11.5 Å². The minimum atomic E-state index is 0.322. The molecule has 0 aromatic heterocycles. The minimum Gasteiger partial charge on any atom is -0.454 e. The summed E-state index contributed by atoms with van der Waals surface area (Å²) in [6.45, 7) is 8.42. The van der Waals surface area contributed by atoms with E-state index in [4.69, 9.17) is 15.2 Å². The SMILES string of the molecule is CCN(CC)CC(CN)c1ccc2c(c1)OCO2. The number of nitrogens with two attached hydrogens (primary N) is 1. The highest BCUT2D eigenvalue weighted by Gasteiger charge is 2.18. The summed E-state index contributed by atoms with van der Waals surface area (Å²) in [4.78, 5) is 2.39. The van der Waals surface area contributed by atoms with Gasteiger partial charge in [-0.25, -0.2) is 0 Å². The highest BCUT2D eigenvalue weighted by Crippen LogP contribution is 2.34. The number of nitrogens with zero attached hydrogens (tertiary/aromatic N) is 1. The van der Waals surface area contributed by atoms with Gasteiger partial charge >= 0.3 is 0 Å². The maximum Gasteiger partial charge on any atom is 0.231 e. The zero-order chi connectivity index (χ0) is 13.0. The van der Waals surface area contributed by atoms with E-state index in [9.17, 15) is 0 Å². The zero-order valence-corrected chi connectivity index (χ0v) is 11.2. The van der Waals surface area contributed by atoms with Crippen molar-refractivity contribution in [1.29, 1.82) is 0 Å². The van der Waals surface area contributed by atoms with Crippen LogP contribution >= 0.6 is 0 Å². The van der Waals surface area contributed by atoms with Gasteiger partial charge in [0.2, 0.25) is 6.79 Å². The number of hydrogen-bond acceptors (Lipinski definition) is 4. The lowest BCUT2D eigenvalue weighted by atomic mass is 9.98. The molecule has 0 saturated carbocycles. The monoisotopic (exact) mass is 250 g/mol. The van der Waals surface area contributed by atoms with E-state index in [0.717, 1.165) is 31.1 Å².